The Morgan fingerprint density at radius 1 is 1.13 bits per heavy atom. The summed E-state index contributed by atoms with van der Waals surface area (Å²) in [6, 6.07) is 16.3. The minimum Gasteiger partial charge on any atom is -0.350 e. The number of benzene rings is 2. The van der Waals surface area contributed by atoms with Gasteiger partial charge in [0.05, 0.1) is 11.1 Å². The van der Waals surface area contributed by atoms with Gasteiger partial charge in [-0.2, -0.15) is 0 Å². The van der Waals surface area contributed by atoms with E-state index in [9.17, 15) is 4.79 Å². The van der Waals surface area contributed by atoms with E-state index < -0.39 is 0 Å². The summed E-state index contributed by atoms with van der Waals surface area (Å²) in [6.45, 7) is 9.21. The molecule has 4 rings (SSSR count). The number of hydrogen-bond acceptors (Lipinski definition) is 4. The highest BCUT2D eigenvalue weighted by Gasteiger charge is 2.23. The van der Waals surface area contributed by atoms with Crippen molar-refractivity contribution in [3.05, 3.63) is 65.2 Å². The van der Waals surface area contributed by atoms with Gasteiger partial charge in [0.25, 0.3) is 5.91 Å². The van der Waals surface area contributed by atoms with E-state index >= 15 is 0 Å². The van der Waals surface area contributed by atoms with Gasteiger partial charge in [0.15, 0.2) is 0 Å². The number of carbonyl (C=O) groups excluding carboxylic acids is 1. The van der Waals surface area contributed by atoms with Gasteiger partial charge in [-0.3, -0.25) is 9.69 Å². The molecule has 2 heterocycles. The summed E-state index contributed by atoms with van der Waals surface area (Å²) in [4.78, 5) is 20.3. The van der Waals surface area contributed by atoms with E-state index in [1.54, 1.807) is 0 Å². The average Bonchev–Trinajstić information content (AvgIpc) is 3.21. The number of nitrogens with one attached hydrogen (secondary N) is 2. The summed E-state index contributed by atoms with van der Waals surface area (Å²) < 4.78 is 0. The zero-order chi connectivity index (χ0) is 21.1. The molecule has 1 fully saturated rings. The third kappa shape index (κ3) is 4.31. The van der Waals surface area contributed by atoms with Gasteiger partial charge < -0.3 is 10.6 Å². The number of hydrogen-bond donors (Lipinski definition) is 2. The van der Waals surface area contributed by atoms with Crippen molar-refractivity contribution in [3.63, 3.8) is 0 Å². The van der Waals surface area contributed by atoms with Crippen LogP contribution in [0.3, 0.4) is 0 Å². The molecule has 2 aromatic carbocycles. The first-order chi connectivity index (χ1) is 14.5. The van der Waals surface area contributed by atoms with Gasteiger partial charge in [0.1, 0.15) is 5.82 Å². The molecule has 0 aliphatic carbocycles. The zero-order valence-corrected chi connectivity index (χ0v) is 18.0. The number of carbonyl (C=O) groups is 1. The lowest BCUT2D eigenvalue weighted by atomic mass is 10.1. The first-order valence-corrected chi connectivity index (χ1v) is 10.8. The Kier molecular flexibility index (Phi) is 6.00. The average molecular weight is 403 g/mol. The fraction of sp³-hybridized carbons (Fsp3) is 0.360. The predicted molar refractivity (Wildman–Crippen MR) is 124 cm³/mol. The first kappa shape index (κ1) is 20.4. The van der Waals surface area contributed by atoms with Gasteiger partial charge in [-0.05, 0) is 75.2 Å². The summed E-state index contributed by atoms with van der Waals surface area (Å²) in [7, 11) is 0. The normalized spacial score (nSPS) is 16.7. The number of likely N-dealkylation sites (N-methyl/N-ethyl adjacent to an activating group) is 1. The molecule has 1 atom stereocenters. The van der Waals surface area contributed by atoms with Crippen LogP contribution in [0.1, 0.15) is 41.3 Å². The highest BCUT2D eigenvalue weighted by molar-refractivity contribution is 6.07. The lowest BCUT2D eigenvalue weighted by Gasteiger charge is -2.23. The van der Waals surface area contributed by atoms with Crippen LogP contribution < -0.4 is 10.6 Å². The molecule has 3 aromatic rings. The van der Waals surface area contributed by atoms with Gasteiger partial charge in [0, 0.05) is 23.7 Å². The standard InChI is InChI=1S/C25H30N4O/c1-4-29-13-7-8-20(29)16-26-25(30)22-15-24(28-23-10-6-5-9-21(22)23)27-19-12-11-17(2)18(3)14-19/h5-6,9-12,14-15,20H,4,7-8,13,16H2,1-3H3,(H,26,30)(H,27,28)/t20-/m1/s1. The third-order valence-corrected chi connectivity index (χ3v) is 6.14. The van der Waals surface area contributed by atoms with Crippen molar-refractivity contribution in [1.82, 2.24) is 15.2 Å². The third-order valence-electron chi connectivity index (χ3n) is 6.14. The van der Waals surface area contributed by atoms with Crippen LogP contribution in [0, 0.1) is 13.8 Å². The summed E-state index contributed by atoms with van der Waals surface area (Å²) in [5, 5.41) is 7.42. The Morgan fingerprint density at radius 3 is 2.77 bits per heavy atom. The number of nitrogens with zero attached hydrogens (tertiary/aromatic N) is 2. The van der Waals surface area contributed by atoms with Crippen molar-refractivity contribution in [1.29, 1.82) is 0 Å². The Morgan fingerprint density at radius 2 is 1.97 bits per heavy atom. The number of likely N-dealkylation sites (tertiary alicyclic amines) is 1. The van der Waals surface area contributed by atoms with Crippen molar-refractivity contribution >= 4 is 28.3 Å². The molecule has 5 heteroatoms. The van der Waals surface area contributed by atoms with Crippen molar-refractivity contribution in [2.75, 3.05) is 25.0 Å². The van der Waals surface area contributed by atoms with Crippen LogP contribution in [0.4, 0.5) is 11.5 Å². The van der Waals surface area contributed by atoms with Gasteiger partial charge >= 0.3 is 0 Å². The molecule has 2 N–H and O–H groups in total. The molecule has 1 amide bonds. The number of para-hydroxylation sites is 1. The van der Waals surface area contributed by atoms with Crippen molar-refractivity contribution in [2.45, 2.75) is 39.7 Å². The number of fused-ring (bicyclic) bond motifs is 1. The van der Waals surface area contributed by atoms with E-state index in [0.29, 0.717) is 24.0 Å². The maximum atomic E-state index is 13.1. The second-order valence-corrected chi connectivity index (χ2v) is 8.13. The maximum absolute atomic E-state index is 13.1. The van der Waals surface area contributed by atoms with Gasteiger partial charge in [-0.15, -0.1) is 0 Å². The smallest absolute Gasteiger partial charge is 0.252 e. The van der Waals surface area contributed by atoms with E-state index in [2.05, 4.69) is 48.4 Å². The molecule has 30 heavy (non-hydrogen) atoms. The monoisotopic (exact) mass is 402 g/mol. The number of pyridine rings is 1. The summed E-state index contributed by atoms with van der Waals surface area (Å²) in [5.41, 5.74) is 4.91. The Hall–Kier alpha value is -2.92. The molecule has 5 nitrogen and oxygen atoms in total. The van der Waals surface area contributed by atoms with E-state index in [4.69, 9.17) is 4.98 Å². The predicted octanol–water partition coefficient (Wildman–Crippen LogP) is 4.81. The lowest BCUT2D eigenvalue weighted by molar-refractivity contribution is 0.0943. The SMILES string of the molecule is CCN1CCC[C@@H]1CNC(=O)c1cc(Nc2ccc(C)c(C)c2)nc2ccccc12. The Balaban J connectivity index is 1.59. The molecule has 156 valence electrons. The molecule has 1 aliphatic rings. The number of rotatable bonds is 6. The number of amides is 1. The zero-order valence-electron chi connectivity index (χ0n) is 18.0. The lowest BCUT2D eigenvalue weighted by Crippen LogP contribution is -2.40. The van der Waals surface area contributed by atoms with Crippen LogP contribution >= 0.6 is 0 Å². The van der Waals surface area contributed by atoms with Crippen molar-refractivity contribution in [2.24, 2.45) is 0 Å². The minimum absolute atomic E-state index is 0.0420. The quantitative estimate of drug-likeness (QED) is 0.621. The van der Waals surface area contributed by atoms with Crippen molar-refractivity contribution < 1.29 is 4.79 Å². The fourth-order valence-corrected chi connectivity index (χ4v) is 4.24. The van der Waals surface area contributed by atoms with Crippen LogP contribution in [0.5, 0.6) is 0 Å². The molecule has 0 radical (unpaired) electrons. The molecule has 0 saturated carbocycles. The summed E-state index contributed by atoms with van der Waals surface area (Å²) >= 11 is 0. The largest absolute Gasteiger partial charge is 0.350 e. The maximum Gasteiger partial charge on any atom is 0.252 e. The number of aryl methyl sites for hydroxylation is 2. The minimum atomic E-state index is -0.0420. The molecule has 0 spiro atoms. The van der Waals surface area contributed by atoms with E-state index in [-0.39, 0.29) is 5.91 Å². The Labute approximate surface area is 178 Å². The van der Waals surface area contributed by atoms with E-state index in [1.807, 2.05) is 36.4 Å². The molecular formula is C25H30N4O. The number of anilines is 2. The molecule has 0 unspecified atom stereocenters. The van der Waals surface area contributed by atoms with Crippen LogP contribution in [0.15, 0.2) is 48.5 Å². The van der Waals surface area contributed by atoms with Crippen LogP contribution in [-0.2, 0) is 0 Å². The summed E-state index contributed by atoms with van der Waals surface area (Å²) in [6.07, 6.45) is 2.35. The fourth-order valence-electron chi connectivity index (χ4n) is 4.24. The highest BCUT2D eigenvalue weighted by Crippen LogP contribution is 2.24. The molecule has 1 aromatic heterocycles. The van der Waals surface area contributed by atoms with Gasteiger partial charge in [-0.25, -0.2) is 4.98 Å². The van der Waals surface area contributed by atoms with Crippen LogP contribution in [-0.4, -0.2) is 41.5 Å². The van der Waals surface area contributed by atoms with Crippen LogP contribution in [0.25, 0.3) is 10.9 Å². The Bertz CT molecular complexity index is 1060. The first-order valence-electron chi connectivity index (χ1n) is 10.8. The second kappa shape index (κ2) is 8.84. The van der Waals surface area contributed by atoms with Gasteiger partial charge in [-0.1, -0.05) is 31.2 Å². The number of aromatic nitrogens is 1. The molecule has 0 bridgehead atoms. The van der Waals surface area contributed by atoms with E-state index in [1.165, 1.54) is 17.5 Å². The summed E-state index contributed by atoms with van der Waals surface area (Å²) in [5.74, 6) is 0.637. The van der Waals surface area contributed by atoms with E-state index in [0.717, 1.165) is 36.1 Å². The van der Waals surface area contributed by atoms with Crippen LogP contribution in [0.2, 0.25) is 0 Å². The van der Waals surface area contributed by atoms with Gasteiger partial charge in [0.2, 0.25) is 0 Å². The molecular weight excluding hydrogens is 372 g/mol. The molecule has 1 aliphatic heterocycles. The van der Waals surface area contributed by atoms with Crippen molar-refractivity contribution in [3.8, 4) is 0 Å². The topological polar surface area (TPSA) is 57.3 Å². The highest BCUT2D eigenvalue weighted by atomic mass is 16.1. The molecule has 1 saturated heterocycles. The second-order valence-electron chi connectivity index (χ2n) is 8.13.